The van der Waals surface area contributed by atoms with Gasteiger partial charge in [-0.25, -0.2) is 0 Å². The van der Waals surface area contributed by atoms with E-state index in [4.69, 9.17) is 23.8 Å². The van der Waals surface area contributed by atoms with E-state index in [1.807, 2.05) is 0 Å². The number of carbonyl (C=O) groups is 2. The topological polar surface area (TPSA) is 85.6 Å². The molecule has 1 saturated heterocycles. The molecule has 2 aliphatic heterocycles. The highest BCUT2D eigenvalue weighted by Gasteiger charge is 2.40. The first-order valence-electron chi connectivity index (χ1n) is 9.25. The Morgan fingerprint density at radius 2 is 2.00 bits per heavy atom. The number of aliphatic imine (C=N–C) groups is 1. The monoisotopic (exact) mass is 444 g/mol. The second-order valence-corrected chi connectivity index (χ2v) is 9.03. The molecule has 9 heteroatoms. The van der Waals surface area contributed by atoms with Gasteiger partial charge in [0.25, 0.3) is 5.91 Å². The number of anilines is 1. The predicted octanol–water partition coefficient (Wildman–Crippen LogP) is 3.82. The summed E-state index contributed by atoms with van der Waals surface area (Å²) in [6, 6.07) is 8.97. The molecule has 4 rings (SSSR count). The Hall–Kier alpha value is -2.21. The molecule has 0 spiro atoms. The second kappa shape index (κ2) is 8.27. The summed E-state index contributed by atoms with van der Waals surface area (Å²) in [5, 5.41) is 12.4. The van der Waals surface area contributed by atoms with Crippen LogP contribution in [0.15, 0.2) is 39.7 Å². The van der Waals surface area contributed by atoms with Crippen LogP contribution < -0.4 is 10.2 Å². The molecule has 0 radical (unpaired) electrons. The average Bonchev–Trinajstić information content (AvgIpc) is 3.06. The first-order valence-corrected chi connectivity index (χ1v) is 10.9. The number of thioether (sulfide) groups is 1. The highest BCUT2D eigenvalue weighted by atomic mass is 35.5. The van der Waals surface area contributed by atoms with Gasteiger partial charge in [0.05, 0.1) is 11.8 Å². The molecule has 0 aromatic heterocycles. The molecule has 6 nitrogen and oxygen atoms in total. The van der Waals surface area contributed by atoms with Crippen LogP contribution in [0.25, 0.3) is 0 Å². The normalized spacial score (nSPS) is 27.2. The van der Waals surface area contributed by atoms with Crippen LogP contribution in [0.4, 0.5) is 5.69 Å². The van der Waals surface area contributed by atoms with E-state index in [0.29, 0.717) is 10.7 Å². The van der Waals surface area contributed by atoms with E-state index in [0.717, 1.165) is 25.7 Å². The molecular formula is C20H17ClN4O2S2. The zero-order chi connectivity index (χ0) is 20.5. The van der Waals surface area contributed by atoms with Crippen LogP contribution in [0.2, 0.25) is 5.02 Å². The Labute approximate surface area is 183 Å². The highest BCUT2D eigenvalue weighted by Crippen LogP contribution is 2.48. The van der Waals surface area contributed by atoms with Crippen LogP contribution in [0.3, 0.4) is 0 Å². The van der Waals surface area contributed by atoms with Crippen molar-refractivity contribution < 1.29 is 9.59 Å². The van der Waals surface area contributed by atoms with Crippen molar-refractivity contribution in [2.45, 2.75) is 31.1 Å². The first-order chi connectivity index (χ1) is 14.0. The van der Waals surface area contributed by atoms with Gasteiger partial charge in [0.1, 0.15) is 11.3 Å². The number of benzene rings is 1. The van der Waals surface area contributed by atoms with Crippen molar-refractivity contribution in [1.82, 2.24) is 5.32 Å². The number of hydrogen-bond donors (Lipinski definition) is 1. The molecule has 29 heavy (non-hydrogen) atoms. The van der Waals surface area contributed by atoms with Gasteiger partial charge in [-0.05, 0) is 72.6 Å². The summed E-state index contributed by atoms with van der Waals surface area (Å²) >= 11 is 12.7. The third-order valence-electron chi connectivity index (χ3n) is 5.19. The van der Waals surface area contributed by atoms with E-state index < -0.39 is 17.7 Å². The van der Waals surface area contributed by atoms with Gasteiger partial charge in [0.2, 0.25) is 5.91 Å². The van der Waals surface area contributed by atoms with Crippen molar-refractivity contribution in [2.75, 3.05) is 4.90 Å². The van der Waals surface area contributed by atoms with Gasteiger partial charge in [-0.15, -0.1) is 11.8 Å². The van der Waals surface area contributed by atoms with Crippen LogP contribution in [-0.4, -0.2) is 28.5 Å². The fourth-order valence-electron chi connectivity index (χ4n) is 3.74. The maximum atomic E-state index is 13.0. The molecule has 3 aliphatic rings. The van der Waals surface area contributed by atoms with Gasteiger partial charge in [-0.3, -0.25) is 19.5 Å². The quantitative estimate of drug-likeness (QED) is 0.435. The molecule has 1 aromatic carbocycles. The van der Waals surface area contributed by atoms with Crippen LogP contribution in [0.5, 0.6) is 0 Å². The minimum atomic E-state index is -1.10. The Kier molecular flexibility index (Phi) is 5.72. The second-order valence-electron chi connectivity index (χ2n) is 6.99. The molecular weight excluding hydrogens is 428 g/mol. The smallest absolute Gasteiger partial charge is 0.251 e. The van der Waals surface area contributed by atoms with Crippen molar-refractivity contribution in [2.24, 2.45) is 16.8 Å². The number of halogens is 1. The van der Waals surface area contributed by atoms with E-state index in [2.05, 4.69) is 16.4 Å². The maximum Gasteiger partial charge on any atom is 0.251 e. The number of thiocarbonyl (C=S) groups is 1. The number of hydrogen-bond acceptors (Lipinski definition) is 6. The summed E-state index contributed by atoms with van der Waals surface area (Å²) in [6.07, 6.45) is 5.48. The summed E-state index contributed by atoms with van der Waals surface area (Å²) in [6.45, 7) is 0. The lowest BCUT2D eigenvalue weighted by molar-refractivity contribution is -0.130. The summed E-state index contributed by atoms with van der Waals surface area (Å²) < 4.78 is 0. The van der Waals surface area contributed by atoms with E-state index in [1.165, 1.54) is 21.6 Å². The van der Waals surface area contributed by atoms with Crippen molar-refractivity contribution in [3.05, 3.63) is 39.8 Å². The molecule has 1 aromatic rings. The SMILES string of the molecule is N#C[C@@H]1C2=C(CCCC2)S[C@@H]1N=C[C@@H]1C(=O)NC(=S)N(c2ccc(Cl)cc2)C1=O. The zero-order valence-corrected chi connectivity index (χ0v) is 17.7. The molecule has 0 unspecified atom stereocenters. The minimum absolute atomic E-state index is 0.0224. The van der Waals surface area contributed by atoms with Gasteiger partial charge >= 0.3 is 0 Å². The molecule has 1 N–H and O–H groups in total. The first kappa shape index (κ1) is 20.1. The number of rotatable bonds is 3. The van der Waals surface area contributed by atoms with Crippen LogP contribution in [-0.2, 0) is 9.59 Å². The summed E-state index contributed by atoms with van der Waals surface area (Å²) in [7, 11) is 0. The number of amides is 2. The summed E-state index contributed by atoms with van der Waals surface area (Å²) in [4.78, 5) is 32.4. The molecule has 148 valence electrons. The minimum Gasteiger partial charge on any atom is -0.301 e. The van der Waals surface area contributed by atoms with Crippen molar-refractivity contribution in [3.8, 4) is 6.07 Å². The highest BCUT2D eigenvalue weighted by molar-refractivity contribution is 8.04. The van der Waals surface area contributed by atoms with Gasteiger partial charge in [0, 0.05) is 11.2 Å². The van der Waals surface area contributed by atoms with Gasteiger partial charge in [0.15, 0.2) is 11.0 Å². The van der Waals surface area contributed by atoms with Crippen LogP contribution in [0, 0.1) is 23.2 Å². The lowest BCUT2D eigenvalue weighted by Gasteiger charge is -2.31. The lowest BCUT2D eigenvalue weighted by Crippen LogP contribution is -2.58. The molecule has 0 bridgehead atoms. The molecule has 2 heterocycles. The number of carbonyl (C=O) groups excluding carboxylic acids is 2. The average molecular weight is 445 g/mol. The van der Waals surface area contributed by atoms with Crippen LogP contribution >= 0.6 is 35.6 Å². The van der Waals surface area contributed by atoms with Gasteiger partial charge in [-0.2, -0.15) is 5.26 Å². The number of nitriles is 1. The Balaban J connectivity index is 1.55. The Morgan fingerprint density at radius 1 is 1.28 bits per heavy atom. The Bertz CT molecular complexity index is 983. The maximum absolute atomic E-state index is 13.0. The summed E-state index contributed by atoms with van der Waals surface area (Å²) in [5.74, 6) is -2.39. The molecule has 3 atom stereocenters. The fourth-order valence-corrected chi connectivity index (χ4v) is 5.58. The van der Waals surface area contributed by atoms with Gasteiger partial charge in [-0.1, -0.05) is 11.6 Å². The molecule has 2 amide bonds. The number of nitrogens with zero attached hydrogens (tertiary/aromatic N) is 3. The lowest BCUT2D eigenvalue weighted by atomic mass is 9.90. The standard InChI is InChI=1S/C20H17ClN4O2S2/c21-11-5-7-12(8-6-11)25-19(27)15(17(26)24-20(25)28)10-23-18-14(9-22)13-3-1-2-4-16(13)29-18/h5-8,10,14-15,18H,1-4H2,(H,24,26,28)/t14-,15-,18+/m1/s1. The molecule has 1 aliphatic carbocycles. The predicted molar refractivity (Wildman–Crippen MR) is 118 cm³/mol. The largest absolute Gasteiger partial charge is 0.301 e. The number of allylic oxidation sites excluding steroid dienone is 1. The third-order valence-corrected chi connectivity index (χ3v) is 7.11. The van der Waals surface area contributed by atoms with Crippen molar-refractivity contribution in [3.63, 3.8) is 0 Å². The van der Waals surface area contributed by atoms with Gasteiger partial charge < -0.3 is 5.32 Å². The Morgan fingerprint density at radius 3 is 2.72 bits per heavy atom. The van der Waals surface area contributed by atoms with E-state index in [-0.39, 0.29) is 16.4 Å². The van der Waals surface area contributed by atoms with E-state index >= 15 is 0 Å². The van der Waals surface area contributed by atoms with Crippen LogP contribution in [0.1, 0.15) is 25.7 Å². The van der Waals surface area contributed by atoms with E-state index in [9.17, 15) is 14.9 Å². The zero-order valence-electron chi connectivity index (χ0n) is 15.3. The summed E-state index contributed by atoms with van der Waals surface area (Å²) in [5.41, 5.74) is 1.69. The fraction of sp³-hybridized carbons (Fsp3) is 0.350. The third kappa shape index (κ3) is 3.82. The van der Waals surface area contributed by atoms with Crippen molar-refractivity contribution in [1.29, 1.82) is 5.26 Å². The van der Waals surface area contributed by atoms with E-state index in [1.54, 1.807) is 36.0 Å². The molecule has 0 saturated carbocycles. The van der Waals surface area contributed by atoms with Crippen molar-refractivity contribution >= 4 is 64.4 Å². The number of nitrogens with one attached hydrogen (secondary N) is 1. The molecule has 1 fully saturated rings.